The van der Waals surface area contributed by atoms with Gasteiger partial charge in [-0.2, -0.15) is 0 Å². The predicted molar refractivity (Wildman–Crippen MR) is 103 cm³/mol. The normalized spacial score (nSPS) is 12.2. The molecule has 2 N–H and O–H groups in total. The Hall–Kier alpha value is -2.04. The molecule has 4 nitrogen and oxygen atoms in total. The van der Waals surface area contributed by atoms with Crippen molar-refractivity contribution < 1.29 is 9.90 Å². The molecule has 0 spiro atoms. The molecule has 25 heavy (non-hydrogen) atoms. The van der Waals surface area contributed by atoms with Crippen LogP contribution in [0.4, 0.5) is 0 Å². The highest BCUT2D eigenvalue weighted by Crippen LogP contribution is 2.23. The molecule has 2 rings (SSSR count). The molecule has 0 aliphatic carbocycles. The second-order valence-electron chi connectivity index (χ2n) is 6.61. The number of carbonyl (C=O) groups is 1. The van der Waals surface area contributed by atoms with Gasteiger partial charge in [0.25, 0.3) is 5.91 Å². The molecular formula is C20H25ClN2O2. The van der Waals surface area contributed by atoms with Crippen LogP contribution in [0.3, 0.4) is 0 Å². The third-order valence-corrected chi connectivity index (χ3v) is 4.84. The Kier molecular flexibility index (Phi) is 6.45. The number of phenolic OH excluding ortho intramolecular Hbond substituents is 1. The molecule has 0 fully saturated rings. The average Bonchev–Trinajstić information content (AvgIpc) is 2.55. The number of benzene rings is 2. The Morgan fingerprint density at radius 1 is 1.16 bits per heavy atom. The molecule has 0 heterocycles. The SMILES string of the molecule is Cc1ccc(C(=O)NC[C@H](Cc2ccc(O)cc2Cl)N(C)C)cc1C. The van der Waals surface area contributed by atoms with Crippen molar-refractivity contribution in [3.63, 3.8) is 0 Å². The Morgan fingerprint density at radius 3 is 2.48 bits per heavy atom. The van der Waals surface area contributed by atoms with Gasteiger partial charge in [0.15, 0.2) is 0 Å². The van der Waals surface area contributed by atoms with Crippen molar-refractivity contribution in [2.75, 3.05) is 20.6 Å². The number of halogens is 1. The average molecular weight is 361 g/mol. The minimum Gasteiger partial charge on any atom is -0.508 e. The van der Waals surface area contributed by atoms with Crippen LogP contribution < -0.4 is 5.32 Å². The summed E-state index contributed by atoms with van der Waals surface area (Å²) in [4.78, 5) is 14.5. The maximum atomic E-state index is 12.4. The van der Waals surface area contributed by atoms with Crippen molar-refractivity contribution in [1.29, 1.82) is 0 Å². The van der Waals surface area contributed by atoms with Crippen LogP contribution in [0, 0.1) is 13.8 Å². The van der Waals surface area contributed by atoms with Crippen molar-refractivity contribution in [3.05, 3.63) is 63.7 Å². The highest BCUT2D eigenvalue weighted by atomic mass is 35.5. The van der Waals surface area contributed by atoms with E-state index < -0.39 is 0 Å². The van der Waals surface area contributed by atoms with Gasteiger partial charge < -0.3 is 15.3 Å². The van der Waals surface area contributed by atoms with Gasteiger partial charge in [-0.05, 0) is 75.3 Å². The molecule has 1 amide bonds. The topological polar surface area (TPSA) is 52.6 Å². The highest BCUT2D eigenvalue weighted by Gasteiger charge is 2.16. The second kappa shape index (κ2) is 8.37. The summed E-state index contributed by atoms with van der Waals surface area (Å²) in [6, 6.07) is 10.8. The Bertz CT molecular complexity index is 759. The molecule has 0 bridgehead atoms. The van der Waals surface area contributed by atoms with Gasteiger partial charge in [0, 0.05) is 23.2 Å². The first-order chi connectivity index (χ1) is 11.8. The number of nitrogens with zero attached hydrogens (tertiary/aromatic N) is 1. The van der Waals surface area contributed by atoms with E-state index in [1.165, 1.54) is 11.6 Å². The number of phenols is 1. The zero-order valence-electron chi connectivity index (χ0n) is 15.1. The molecule has 0 aliphatic rings. The van der Waals surface area contributed by atoms with E-state index in [4.69, 9.17) is 11.6 Å². The molecule has 1 atom stereocenters. The lowest BCUT2D eigenvalue weighted by Gasteiger charge is -2.25. The summed E-state index contributed by atoms with van der Waals surface area (Å²) in [5.74, 6) is 0.0740. The summed E-state index contributed by atoms with van der Waals surface area (Å²) in [6.07, 6.45) is 0.680. The lowest BCUT2D eigenvalue weighted by Crippen LogP contribution is -2.41. The van der Waals surface area contributed by atoms with Gasteiger partial charge in [-0.1, -0.05) is 23.7 Å². The molecule has 0 unspecified atom stereocenters. The molecule has 2 aromatic rings. The fourth-order valence-corrected chi connectivity index (χ4v) is 2.84. The molecular weight excluding hydrogens is 336 g/mol. The van der Waals surface area contributed by atoms with Gasteiger partial charge >= 0.3 is 0 Å². The van der Waals surface area contributed by atoms with Crippen molar-refractivity contribution in [1.82, 2.24) is 10.2 Å². The Labute approximate surface area is 154 Å². The van der Waals surface area contributed by atoms with Gasteiger partial charge in [0.2, 0.25) is 0 Å². The van der Waals surface area contributed by atoms with Crippen LogP contribution in [0.2, 0.25) is 5.02 Å². The molecule has 134 valence electrons. The van der Waals surface area contributed by atoms with E-state index in [0.717, 1.165) is 11.1 Å². The number of carbonyl (C=O) groups excluding carboxylic acids is 1. The van der Waals surface area contributed by atoms with Crippen LogP contribution in [0.5, 0.6) is 5.75 Å². The van der Waals surface area contributed by atoms with Crippen molar-refractivity contribution in [2.24, 2.45) is 0 Å². The van der Waals surface area contributed by atoms with Gasteiger partial charge in [-0.15, -0.1) is 0 Å². The minimum absolute atomic E-state index is 0.0771. The Balaban J connectivity index is 2.03. The van der Waals surface area contributed by atoms with Crippen molar-refractivity contribution in [3.8, 4) is 5.75 Å². The van der Waals surface area contributed by atoms with E-state index >= 15 is 0 Å². The zero-order chi connectivity index (χ0) is 18.6. The number of amides is 1. The molecule has 2 aromatic carbocycles. The van der Waals surface area contributed by atoms with Gasteiger partial charge in [0.1, 0.15) is 5.75 Å². The van der Waals surface area contributed by atoms with Crippen LogP contribution in [0.25, 0.3) is 0 Å². The molecule has 0 aromatic heterocycles. The molecule has 0 saturated carbocycles. The summed E-state index contributed by atoms with van der Waals surface area (Å²) in [6.45, 7) is 4.54. The van der Waals surface area contributed by atoms with Crippen molar-refractivity contribution in [2.45, 2.75) is 26.3 Å². The summed E-state index contributed by atoms with van der Waals surface area (Å²) < 4.78 is 0. The largest absolute Gasteiger partial charge is 0.508 e. The number of nitrogens with one attached hydrogen (secondary N) is 1. The number of aryl methyl sites for hydroxylation is 2. The van der Waals surface area contributed by atoms with Crippen LogP contribution >= 0.6 is 11.6 Å². The number of rotatable bonds is 6. The van der Waals surface area contributed by atoms with Crippen LogP contribution in [-0.2, 0) is 6.42 Å². The quantitative estimate of drug-likeness (QED) is 0.828. The third kappa shape index (κ3) is 5.21. The zero-order valence-corrected chi connectivity index (χ0v) is 15.9. The molecule has 0 radical (unpaired) electrons. The highest BCUT2D eigenvalue weighted by molar-refractivity contribution is 6.31. The maximum Gasteiger partial charge on any atom is 0.251 e. The second-order valence-corrected chi connectivity index (χ2v) is 7.01. The van der Waals surface area contributed by atoms with Gasteiger partial charge in [-0.3, -0.25) is 4.79 Å². The fraction of sp³-hybridized carbons (Fsp3) is 0.350. The first-order valence-corrected chi connectivity index (χ1v) is 8.65. The van der Waals surface area contributed by atoms with E-state index in [9.17, 15) is 9.90 Å². The first kappa shape index (κ1) is 19.3. The number of hydrogen-bond acceptors (Lipinski definition) is 3. The number of aromatic hydroxyl groups is 1. The van der Waals surface area contributed by atoms with E-state index in [1.54, 1.807) is 6.07 Å². The fourth-order valence-electron chi connectivity index (χ4n) is 2.59. The molecule has 5 heteroatoms. The number of likely N-dealkylation sites (N-methyl/N-ethyl adjacent to an activating group) is 1. The summed E-state index contributed by atoms with van der Waals surface area (Å²) in [5, 5.41) is 13.0. The van der Waals surface area contributed by atoms with E-state index in [-0.39, 0.29) is 17.7 Å². The van der Waals surface area contributed by atoms with E-state index in [1.807, 2.05) is 52.2 Å². The standard InChI is InChI=1S/C20H25ClN2O2/c1-13-5-6-16(9-14(13)2)20(25)22-12-17(23(3)4)10-15-7-8-18(24)11-19(15)21/h5-9,11,17,24H,10,12H2,1-4H3,(H,22,25)/t17-/m0/s1. The molecule has 0 saturated heterocycles. The molecule has 0 aliphatic heterocycles. The summed E-state index contributed by atoms with van der Waals surface area (Å²) in [5.41, 5.74) is 3.89. The lowest BCUT2D eigenvalue weighted by atomic mass is 10.0. The summed E-state index contributed by atoms with van der Waals surface area (Å²) >= 11 is 6.20. The van der Waals surface area contributed by atoms with E-state index in [2.05, 4.69) is 10.2 Å². The van der Waals surface area contributed by atoms with Gasteiger partial charge in [0.05, 0.1) is 0 Å². The van der Waals surface area contributed by atoms with Crippen molar-refractivity contribution >= 4 is 17.5 Å². The third-order valence-electron chi connectivity index (χ3n) is 4.49. The minimum atomic E-state index is -0.0771. The number of hydrogen-bond donors (Lipinski definition) is 2. The lowest BCUT2D eigenvalue weighted by molar-refractivity contribution is 0.0941. The summed E-state index contributed by atoms with van der Waals surface area (Å²) in [7, 11) is 3.95. The first-order valence-electron chi connectivity index (χ1n) is 8.27. The monoisotopic (exact) mass is 360 g/mol. The smallest absolute Gasteiger partial charge is 0.251 e. The van der Waals surface area contributed by atoms with E-state index in [0.29, 0.717) is 23.6 Å². The van der Waals surface area contributed by atoms with Crippen LogP contribution in [0.1, 0.15) is 27.0 Å². The predicted octanol–water partition coefficient (Wildman–Crippen LogP) is 3.57. The van der Waals surface area contributed by atoms with Gasteiger partial charge in [-0.25, -0.2) is 0 Å². The van der Waals surface area contributed by atoms with Crippen LogP contribution in [0.15, 0.2) is 36.4 Å². The Morgan fingerprint density at radius 2 is 1.88 bits per heavy atom. The van der Waals surface area contributed by atoms with Crippen LogP contribution in [-0.4, -0.2) is 42.6 Å². The maximum absolute atomic E-state index is 12.4.